The van der Waals surface area contributed by atoms with Crippen molar-refractivity contribution in [1.82, 2.24) is 0 Å². The maximum Gasteiger partial charge on any atom is 0.161 e. The first-order valence-electron chi connectivity index (χ1n) is 9.02. The Morgan fingerprint density at radius 3 is 1.15 bits per heavy atom. The maximum atomic E-state index is 5.82. The molecule has 0 unspecified atom stereocenters. The topological polar surface area (TPSA) is 55.4 Å². The molecule has 0 N–H and O–H groups in total. The highest BCUT2D eigenvalue weighted by molar-refractivity contribution is 5.40. The van der Waals surface area contributed by atoms with Gasteiger partial charge in [0, 0.05) is 20.6 Å². The Morgan fingerprint density at radius 2 is 0.815 bits per heavy atom. The lowest BCUT2D eigenvalue weighted by Crippen LogP contribution is -2.09. The first-order valence-corrected chi connectivity index (χ1v) is 9.02. The summed E-state index contributed by atoms with van der Waals surface area (Å²) >= 11 is 0. The number of hydrogen-bond donors (Lipinski definition) is 0. The van der Waals surface area contributed by atoms with Gasteiger partial charge in [-0.1, -0.05) is 24.3 Å². The van der Waals surface area contributed by atoms with E-state index in [1.54, 1.807) is 14.2 Å². The van der Waals surface area contributed by atoms with Crippen molar-refractivity contribution in [3.05, 3.63) is 48.5 Å². The van der Waals surface area contributed by atoms with Crippen LogP contribution in [-0.2, 0) is 9.47 Å². The van der Waals surface area contributed by atoms with E-state index in [0.29, 0.717) is 51.1 Å². The van der Waals surface area contributed by atoms with Crippen LogP contribution in [0.2, 0.25) is 0 Å². The highest BCUT2D eigenvalue weighted by atomic mass is 16.5. The SMILES string of the molecule is COCCOc1ccccc1OCCCOc1ccccc1OCCOC. The Labute approximate surface area is 160 Å². The molecule has 6 nitrogen and oxygen atoms in total. The zero-order valence-electron chi connectivity index (χ0n) is 16.0. The van der Waals surface area contributed by atoms with Crippen molar-refractivity contribution < 1.29 is 28.4 Å². The van der Waals surface area contributed by atoms with E-state index in [-0.39, 0.29) is 0 Å². The average molecular weight is 376 g/mol. The standard InChI is InChI=1S/C21H28O6/c1-22-14-16-26-20-10-5-3-8-18(20)24-12-7-13-25-19-9-4-6-11-21(19)27-17-15-23-2/h3-6,8-11H,7,12-17H2,1-2H3. The molecule has 2 aromatic carbocycles. The molecule has 0 aliphatic heterocycles. The predicted molar refractivity (Wildman–Crippen MR) is 103 cm³/mol. The first-order chi connectivity index (χ1) is 13.3. The lowest BCUT2D eigenvalue weighted by Gasteiger charge is -2.14. The summed E-state index contributed by atoms with van der Waals surface area (Å²) in [4.78, 5) is 0. The minimum Gasteiger partial charge on any atom is -0.490 e. The summed E-state index contributed by atoms with van der Waals surface area (Å²) < 4.78 is 33.0. The van der Waals surface area contributed by atoms with Crippen molar-refractivity contribution in [2.24, 2.45) is 0 Å². The molecule has 0 bridgehead atoms. The van der Waals surface area contributed by atoms with Gasteiger partial charge in [0.1, 0.15) is 13.2 Å². The second-order valence-corrected chi connectivity index (χ2v) is 5.63. The molecule has 0 atom stereocenters. The van der Waals surface area contributed by atoms with E-state index < -0.39 is 0 Å². The van der Waals surface area contributed by atoms with E-state index in [1.807, 2.05) is 48.5 Å². The van der Waals surface area contributed by atoms with Gasteiger partial charge in [-0.05, 0) is 24.3 Å². The zero-order valence-corrected chi connectivity index (χ0v) is 16.0. The Kier molecular flexibility index (Phi) is 9.92. The van der Waals surface area contributed by atoms with Crippen molar-refractivity contribution in [1.29, 1.82) is 0 Å². The van der Waals surface area contributed by atoms with Gasteiger partial charge >= 0.3 is 0 Å². The van der Waals surface area contributed by atoms with Crippen molar-refractivity contribution in [3.63, 3.8) is 0 Å². The molecule has 0 fully saturated rings. The number of ether oxygens (including phenoxy) is 6. The monoisotopic (exact) mass is 376 g/mol. The van der Waals surface area contributed by atoms with Gasteiger partial charge in [0.15, 0.2) is 23.0 Å². The van der Waals surface area contributed by atoms with E-state index in [2.05, 4.69) is 0 Å². The predicted octanol–water partition coefficient (Wildman–Crippen LogP) is 3.58. The average Bonchev–Trinajstić information content (AvgIpc) is 2.70. The molecule has 6 heteroatoms. The third-order valence-electron chi connectivity index (χ3n) is 3.59. The number of benzene rings is 2. The molecule has 2 aromatic rings. The Balaban J connectivity index is 1.73. The fourth-order valence-electron chi connectivity index (χ4n) is 2.27. The summed E-state index contributed by atoms with van der Waals surface area (Å²) in [5.74, 6) is 2.87. The highest BCUT2D eigenvalue weighted by Crippen LogP contribution is 2.27. The third kappa shape index (κ3) is 7.76. The summed E-state index contributed by atoms with van der Waals surface area (Å²) in [6, 6.07) is 15.2. The van der Waals surface area contributed by atoms with Crippen LogP contribution in [0.5, 0.6) is 23.0 Å². The quantitative estimate of drug-likeness (QED) is 0.470. The molecule has 0 amide bonds. The molecular formula is C21H28O6. The van der Waals surface area contributed by atoms with Gasteiger partial charge in [-0.2, -0.15) is 0 Å². The Hall–Kier alpha value is -2.44. The van der Waals surface area contributed by atoms with Crippen LogP contribution in [0.15, 0.2) is 48.5 Å². The van der Waals surface area contributed by atoms with Crippen LogP contribution in [0.25, 0.3) is 0 Å². The second kappa shape index (κ2) is 12.8. The lowest BCUT2D eigenvalue weighted by molar-refractivity contribution is 0.141. The van der Waals surface area contributed by atoms with Crippen molar-refractivity contribution in [2.75, 3.05) is 53.9 Å². The van der Waals surface area contributed by atoms with Gasteiger partial charge in [0.05, 0.1) is 26.4 Å². The molecule has 0 saturated heterocycles. The number of rotatable bonds is 14. The molecule has 0 radical (unpaired) electrons. The molecule has 0 saturated carbocycles. The van der Waals surface area contributed by atoms with Gasteiger partial charge in [-0.15, -0.1) is 0 Å². The van der Waals surface area contributed by atoms with Crippen LogP contribution >= 0.6 is 0 Å². The van der Waals surface area contributed by atoms with E-state index in [1.165, 1.54) is 0 Å². The van der Waals surface area contributed by atoms with Gasteiger partial charge in [0.2, 0.25) is 0 Å². The van der Waals surface area contributed by atoms with Crippen LogP contribution in [0.1, 0.15) is 6.42 Å². The largest absolute Gasteiger partial charge is 0.490 e. The Bertz CT molecular complexity index is 591. The minimum absolute atomic E-state index is 0.486. The fraction of sp³-hybridized carbons (Fsp3) is 0.429. The van der Waals surface area contributed by atoms with Gasteiger partial charge in [-0.25, -0.2) is 0 Å². The summed E-state index contributed by atoms with van der Waals surface area (Å²) in [6.45, 7) is 3.09. The van der Waals surface area contributed by atoms with Crippen LogP contribution in [0.3, 0.4) is 0 Å². The van der Waals surface area contributed by atoms with Crippen molar-refractivity contribution in [3.8, 4) is 23.0 Å². The Morgan fingerprint density at radius 1 is 0.481 bits per heavy atom. The molecule has 0 aromatic heterocycles. The summed E-state index contributed by atoms with van der Waals surface area (Å²) in [6.07, 6.45) is 0.735. The number of hydrogen-bond acceptors (Lipinski definition) is 6. The maximum absolute atomic E-state index is 5.82. The molecule has 0 spiro atoms. The summed E-state index contributed by atoms with van der Waals surface area (Å²) in [7, 11) is 3.29. The first kappa shape index (κ1) is 20.9. The second-order valence-electron chi connectivity index (χ2n) is 5.63. The summed E-state index contributed by atoms with van der Waals surface area (Å²) in [5.41, 5.74) is 0. The smallest absolute Gasteiger partial charge is 0.161 e. The summed E-state index contributed by atoms with van der Waals surface area (Å²) in [5, 5.41) is 0. The molecule has 0 heterocycles. The van der Waals surface area contributed by atoms with Crippen LogP contribution < -0.4 is 18.9 Å². The van der Waals surface area contributed by atoms with Crippen LogP contribution in [0.4, 0.5) is 0 Å². The number of methoxy groups -OCH3 is 2. The highest BCUT2D eigenvalue weighted by Gasteiger charge is 2.06. The molecule has 0 aliphatic carbocycles. The third-order valence-corrected chi connectivity index (χ3v) is 3.59. The molecule has 2 rings (SSSR count). The molecule has 0 aliphatic rings. The number of para-hydroxylation sites is 4. The molecular weight excluding hydrogens is 348 g/mol. The van der Waals surface area contributed by atoms with Crippen LogP contribution in [0, 0.1) is 0 Å². The fourth-order valence-corrected chi connectivity index (χ4v) is 2.27. The van der Waals surface area contributed by atoms with E-state index in [0.717, 1.165) is 17.9 Å². The van der Waals surface area contributed by atoms with Crippen molar-refractivity contribution in [2.45, 2.75) is 6.42 Å². The minimum atomic E-state index is 0.486. The van der Waals surface area contributed by atoms with E-state index in [9.17, 15) is 0 Å². The van der Waals surface area contributed by atoms with Gasteiger partial charge < -0.3 is 28.4 Å². The molecule has 27 heavy (non-hydrogen) atoms. The van der Waals surface area contributed by atoms with E-state index in [4.69, 9.17) is 28.4 Å². The zero-order chi connectivity index (χ0) is 19.2. The lowest BCUT2D eigenvalue weighted by atomic mass is 10.3. The van der Waals surface area contributed by atoms with Crippen molar-refractivity contribution >= 4 is 0 Å². The van der Waals surface area contributed by atoms with Gasteiger partial charge in [-0.3, -0.25) is 0 Å². The molecule has 148 valence electrons. The normalized spacial score (nSPS) is 10.4. The van der Waals surface area contributed by atoms with Gasteiger partial charge in [0.25, 0.3) is 0 Å². The van der Waals surface area contributed by atoms with Crippen LogP contribution in [-0.4, -0.2) is 53.9 Å². The van der Waals surface area contributed by atoms with E-state index >= 15 is 0 Å².